The number of fused-ring (bicyclic) bond motifs is 1. The predicted molar refractivity (Wildman–Crippen MR) is 97.6 cm³/mol. The highest BCUT2D eigenvalue weighted by Gasteiger charge is 2.18. The van der Waals surface area contributed by atoms with Crippen LogP contribution in [-0.4, -0.2) is 25.3 Å². The highest BCUT2D eigenvalue weighted by atomic mass is 19.1. The zero-order chi connectivity index (χ0) is 18.6. The molecule has 0 aliphatic heterocycles. The SMILES string of the molecule is O=C(NCc1ncccc1F)c1nc(Cc2cccnc2)n2ccccc12. The number of aromatic nitrogens is 4. The highest BCUT2D eigenvalue weighted by Crippen LogP contribution is 2.16. The molecule has 0 aliphatic carbocycles. The zero-order valence-corrected chi connectivity index (χ0v) is 14.3. The van der Waals surface area contributed by atoms with Crippen molar-refractivity contribution in [3.8, 4) is 0 Å². The molecule has 0 atom stereocenters. The first-order chi connectivity index (χ1) is 13.2. The Morgan fingerprint density at radius 3 is 2.81 bits per heavy atom. The van der Waals surface area contributed by atoms with Crippen molar-refractivity contribution >= 4 is 11.4 Å². The third kappa shape index (κ3) is 3.52. The van der Waals surface area contributed by atoms with Crippen molar-refractivity contribution in [1.29, 1.82) is 0 Å². The standard InChI is InChI=1S/C20H16FN5O/c21-15-6-4-9-23-16(15)13-24-20(27)19-17-7-1-2-10-26(17)18(25-19)11-14-5-3-8-22-12-14/h1-10,12H,11,13H2,(H,24,27). The molecule has 0 fully saturated rings. The number of nitrogens with one attached hydrogen (secondary N) is 1. The van der Waals surface area contributed by atoms with E-state index >= 15 is 0 Å². The van der Waals surface area contributed by atoms with Gasteiger partial charge in [-0.15, -0.1) is 0 Å². The fraction of sp³-hybridized carbons (Fsp3) is 0.100. The van der Waals surface area contributed by atoms with Crippen LogP contribution in [0.5, 0.6) is 0 Å². The molecule has 1 amide bonds. The second-order valence-corrected chi connectivity index (χ2v) is 5.99. The molecular weight excluding hydrogens is 345 g/mol. The number of hydrogen-bond donors (Lipinski definition) is 1. The minimum absolute atomic E-state index is 0.00466. The molecular formula is C20H16FN5O. The van der Waals surface area contributed by atoms with Crippen molar-refractivity contribution in [3.63, 3.8) is 0 Å². The van der Waals surface area contributed by atoms with E-state index in [9.17, 15) is 9.18 Å². The zero-order valence-electron chi connectivity index (χ0n) is 14.3. The number of halogens is 1. The molecule has 0 bridgehead atoms. The maximum atomic E-state index is 13.7. The van der Waals surface area contributed by atoms with Crippen LogP contribution in [0.1, 0.15) is 27.6 Å². The number of imidazole rings is 1. The summed E-state index contributed by atoms with van der Waals surface area (Å²) in [6.45, 7) is -0.00466. The molecule has 4 aromatic heterocycles. The van der Waals surface area contributed by atoms with E-state index in [1.54, 1.807) is 12.4 Å². The van der Waals surface area contributed by atoms with Crippen LogP contribution in [0, 0.1) is 5.82 Å². The molecule has 1 N–H and O–H groups in total. The van der Waals surface area contributed by atoms with Crippen LogP contribution < -0.4 is 5.32 Å². The number of carbonyl (C=O) groups is 1. The Morgan fingerprint density at radius 1 is 1.11 bits per heavy atom. The summed E-state index contributed by atoms with van der Waals surface area (Å²) in [6.07, 6.45) is 7.38. The van der Waals surface area contributed by atoms with Gasteiger partial charge < -0.3 is 9.72 Å². The molecule has 0 spiro atoms. The first kappa shape index (κ1) is 16.8. The van der Waals surface area contributed by atoms with Crippen LogP contribution in [-0.2, 0) is 13.0 Å². The smallest absolute Gasteiger partial charge is 0.272 e. The van der Waals surface area contributed by atoms with Gasteiger partial charge in [-0.25, -0.2) is 9.37 Å². The van der Waals surface area contributed by atoms with E-state index in [1.165, 1.54) is 18.3 Å². The number of pyridine rings is 3. The van der Waals surface area contributed by atoms with Gasteiger partial charge in [0, 0.05) is 31.2 Å². The average molecular weight is 361 g/mol. The van der Waals surface area contributed by atoms with Crippen molar-refractivity contribution < 1.29 is 9.18 Å². The van der Waals surface area contributed by atoms with E-state index in [1.807, 2.05) is 40.9 Å². The molecule has 0 aliphatic rings. The Hall–Kier alpha value is -3.61. The minimum atomic E-state index is -0.454. The third-order valence-electron chi connectivity index (χ3n) is 4.17. The Kier molecular flexibility index (Phi) is 4.57. The molecule has 0 unspecified atom stereocenters. The van der Waals surface area contributed by atoms with Gasteiger partial charge in [-0.1, -0.05) is 12.1 Å². The Morgan fingerprint density at radius 2 is 2.00 bits per heavy atom. The summed E-state index contributed by atoms with van der Waals surface area (Å²) in [5.74, 6) is -0.0984. The van der Waals surface area contributed by atoms with Gasteiger partial charge in [0.25, 0.3) is 5.91 Å². The summed E-state index contributed by atoms with van der Waals surface area (Å²) >= 11 is 0. The maximum absolute atomic E-state index is 13.7. The van der Waals surface area contributed by atoms with Crippen LogP contribution >= 0.6 is 0 Å². The van der Waals surface area contributed by atoms with E-state index in [0.29, 0.717) is 17.6 Å². The van der Waals surface area contributed by atoms with E-state index in [4.69, 9.17) is 0 Å². The fourth-order valence-electron chi connectivity index (χ4n) is 2.87. The molecule has 0 saturated heterocycles. The van der Waals surface area contributed by atoms with Gasteiger partial charge in [0.2, 0.25) is 0 Å². The monoisotopic (exact) mass is 361 g/mol. The lowest BCUT2D eigenvalue weighted by Crippen LogP contribution is -2.24. The van der Waals surface area contributed by atoms with Gasteiger partial charge in [-0.2, -0.15) is 0 Å². The molecule has 4 heterocycles. The van der Waals surface area contributed by atoms with Crippen molar-refractivity contribution in [1.82, 2.24) is 24.7 Å². The van der Waals surface area contributed by atoms with Gasteiger partial charge in [-0.05, 0) is 35.9 Å². The van der Waals surface area contributed by atoms with Crippen LogP contribution in [0.3, 0.4) is 0 Å². The topological polar surface area (TPSA) is 72.2 Å². The summed E-state index contributed by atoms with van der Waals surface area (Å²) in [7, 11) is 0. The molecule has 7 heteroatoms. The van der Waals surface area contributed by atoms with Crippen molar-refractivity contribution in [2.75, 3.05) is 0 Å². The van der Waals surface area contributed by atoms with Crippen LogP contribution in [0.2, 0.25) is 0 Å². The summed E-state index contributed by atoms with van der Waals surface area (Å²) in [5.41, 5.74) is 2.17. The molecule has 6 nitrogen and oxygen atoms in total. The summed E-state index contributed by atoms with van der Waals surface area (Å²) < 4.78 is 15.6. The van der Waals surface area contributed by atoms with Gasteiger partial charge in [-0.3, -0.25) is 14.8 Å². The lowest BCUT2D eigenvalue weighted by Gasteiger charge is -2.04. The molecule has 27 heavy (non-hydrogen) atoms. The first-order valence-electron chi connectivity index (χ1n) is 8.45. The quantitative estimate of drug-likeness (QED) is 0.593. The van der Waals surface area contributed by atoms with Crippen molar-refractivity contribution in [3.05, 3.63) is 95.8 Å². The predicted octanol–water partition coefficient (Wildman–Crippen LogP) is 2.78. The minimum Gasteiger partial charge on any atom is -0.345 e. The third-order valence-corrected chi connectivity index (χ3v) is 4.17. The molecule has 0 radical (unpaired) electrons. The summed E-state index contributed by atoms with van der Waals surface area (Å²) in [6, 6.07) is 12.2. The summed E-state index contributed by atoms with van der Waals surface area (Å²) in [5, 5.41) is 2.70. The Labute approximate surface area is 154 Å². The van der Waals surface area contributed by atoms with Gasteiger partial charge in [0.1, 0.15) is 11.6 Å². The second-order valence-electron chi connectivity index (χ2n) is 5.99. The molecule has 0 aromatic carbocycles. The second kappa shape index (κ2) is 7.33. The Balaban J connectivity index is 1.61. The largest absolute Gasteiger partial charge is 0.345 e. The number of rotatable bonds is 5. The number of nitrogens with zero attached hydrogens (tertiary/aromatic N) is 4. The normalized spacial score (nSPS) is 10.9. The van der Waals surface area contributed by atoms with Crippen molar-refractivity contribution in [2.24, 2.45) is 0 Å². The number of carbonyl (C=O) groups excluding carboxylic acids is 1. The molecule has 4 aromatic rings. The van der Waals surface area contributed by atoms with Crippen LogP contribution in [0.25, 0.3) is 5.52 Å². The van der Waals surface area contributed by atoms with Crippen LogP contribution in [0.15, 0.2) is 67.3 Å². The average Bonchev–Trinajstić information content (AvgIpc) is 3.07. The lowest BCUT2D eigenvalue weighted by atomic mass is 10.2. The molecule has 4 rings (SSSR count). The van der Waals surface area contributed by atoms with Crippen molar-refractivity contribution in [2.45, 2.75) is 13.0 Å². The van der Waals surface area contributed by atoms with Gasteiger partial charge in [0.15, 0.2) is 5.69 Å². The van der Waals surface area contributed by atoms with Gasteiger partial charge in [0.05, 0.1) is 17.8 Å². The van der Waals surface area contributed by atoms with E-state index in [2.05, 4.69) is 20.3 Å². The summed E-state index contributed by atoms with van der Waals surface area (Å²) in [4.78, 5) is 25.2. The fourth-order valence-corrected chi connectivity index (χ4v) is 2.87. The first-order valence-corrected chi connectivity index (χ1v) is 8.45. The maximum Gasteiger partial charge on any atom is 0.272 e. The molecule has 134 valence electrons. The number of amides is 1. The molecule has 0 saturated carbocycles. The number of hydrogen-bond acceptors (Lipinski definition) is 4. The van der Waals surface area contributed by atoms with E-state index < -0.39 is 5.82 Å². The lowest BCUT2D eigenvalue weighted by molar-refractivity contribution is 0.0947. The van der Waals surface area contributed by atoms with E-state index in [0.717, 1.165) is 11.4 Å². The van der Waals surface area contributed by atoms with E-state index in [-0.39, 0.29) is 18.1 Å². The Bertz CT molecular complexity index is 1090. The van der Waals surface area contributed by atoms with Crippen LogP contribution in [0.4, 0.5) is 4.39 Å². The highest BCUT2D eigenvalue weighted by molar-refractivity contribution is 5.99. The van der Waals surface area contributed by atoms with Gasteiger partial charge >= 0.3 is 0 Å².